The second-order valence-electron chi connectivity index (χ2n) is 4.97. The van der Waals surface area contributed by atoms with Gasteiger partial charge in [-0.15, -0.1) is 0 Å². The third-order valence-corrected chi connectivity index (χ3v) is 2.23. The topological polar surface area (TPSA) is 78.7 Å². The first-order valence-electron chi connectivity index (χ1n) is 5.67. The summed E-state index contributed by atoms with van der Waals surface area (Å²) < 4.78 is 10.4. The molecule has 0 fully saturated rings. The number of halogens is 1. The molecule has 7 nitrogen and oxygen atoms in total. The van der Waals surface area contributed by atoms with E-state index in [4.69, 9.17) is 9.47 Å². The summed E-state index contributed by atoms with van der Waals surface area (Å²) in [5, 5.41) is 10.4. The number of benzene rings is 1. The lowest BCUT2D eigenvalue weighted by Crippen LogP contribution is -3.00. The number of likely N-dealkylation sites (N-methyl/N-ethyl adjacent to an activating group) is 1. The summed E-state index contributed by atoms with van der Waals surface area (Å²) in [6.07, 6.45) is -0.817. The third kappa shape index (κ3) is 6.91. The van der Waals surface area contributed by atoms with Crippen LogP contribution >= 0.6 is 0 Å². The lowest BCUT2D eigenvalue weighted by atomic mass is 10.3. The summed E-state index contributed by atoms with van der Waals surface area (Å²) in [6.45, 7) is 0.907. The third-order valence-electron chi connectivity index (χ3n) is 2.23. The van der Waals surface area contributed by atoms with Crippen molar-refractivity contribution in [3.8, 4) is 5.75 Å². The minimum Gasteiger partial charge on any atom is -1.00 e. The molecule has 0 N–H and O–H groups in total. The van der Waals surface area contributed by atoms with Gasteiger partial charge >= 0.3 is 6.16 Å². The van der Waals surface area contributed by atoms with Crippen LogP contribution in [-0.4, -0.2) is 49.9 Å². The Labute approximate surface area is 123 Å². The molecule has 0 bridgehead atoms. The highest BCUT2D eigenvalue weighted by Crippen LogP contribution is 2.17. The van der Waals surface area contributed by atoms with Crippen molar-refractivity contribution in [3.05, 3.63) is 34.4 Å². The number of nitro groups is 1. The second-order valence-corrected chi connectivity index (χ2v) is 4.97. The van der Waals surface area contributed by atoms with Crippen LogP contribution in [-0.2, 0) is 4.74 Å². The lowest BCUT2D eigenvalue weighted by Gasteiger charge is -2.23. The fourth-order valence-electron chi connectivity index (χ4n) is 1.16. The average Bonchev–Trinajstić information content (AvgIpc) is 2.27. The summed E-state index contributed by atoms with van der Waals surface area (Å²) in [5.41, 5.74) is -0.0641. The van der Waals surface area contributed by atoms with Crippen LogP contribution in [0.3, 0.4) is 0 Å². The normalized spacial score (nSPS) is 10.3. The first kappa shape index (κ1) is 18.1. The summed E-state index contributed by atoms with van der Waals surface area (Å²) >= 11 is 0. The van der Waals surface area contributed by atoms with Gasteiger partial charge in [0.2, 0.25) is 0 Å². The number of quaternary nitrogens is 1. The van der Waals surface area contributed by atoms with Gasteiger partial charge in [0.15, 0.2) is 0 Å². The summed E-state index contributed by atoms with van der Waals surface area (Å²) in [4.78, 5) is 21.2. The van der Waals surface area contributed by atoms with Gasteiger partial charge in [0, 0.05) is 12.1 Å². The highest BCUT2D eigenvalue weighted by atomic mass is 35.5. The molecule has 0 atom stereocenters. The molecule has 0 heterocycles. The van der Waals surface area contributed by atoms with Crippen molar-refractivity contribution in [1.82, 2.24) is 0 Å². The minimum atomic E-state index is -0.817. The molecule has 0 spiro atoms. The van der Waals surface area contributed by atoms with Gasteiger partial charge in [0.05, 0.1) is 26.1 Å². The molecule has 1 aromatic carbocycles. The van der Waals surface area contributed by atoms with Gasteiger partial charge in [-0.25, -0.2) is 4.79 Å². The van der Waals surface area contributed by atoms with E-state index in [1.54, 1.807) is 0 Å². The molecule has 112 valence electrons. The number of nitrogens with zero attached hydrogens (tertiary/aromatic N) is 2. The molecule has 0 aliphatic rings. The van der Waals surface area contributed by atoms with Crippen LogP contribution in [0.5, 0.6) is 5.75 Å². The first-order chi connectivity index (χ1) is 8.78. The molecule has 0 unspecified atom stereocenters. The Morgan fingerprint density at radius 2 is 1.80 bits per heavy atom. The largest absolute Gasteiger partial charge is 1.00 e. The number of non-ortho nitro benzene ring substituents is 1. The molecule has 0 aliphatic carbocycles. The zero-order valence-corrected chi connectivity index (χ0v) is 12.3. The molecule has 20 heavy (non-hydrogen) atoms. The predicted octanol–water partition coefficient (Wildman–Crippen LogP) is -1.18. The van der Waals surface area contributed by atoms with Crippen LogP contribution in [0, 0.1) is 10.1 Å². The first-order valence-corrected chi connectivity index (χ1v) is 5.67. The summed E-state index contributed by atoms with van der Waals surface area (Å²) in [5.74, 6) is 0.209. The molecule has 0 saturated heterocycles. The molecular weight excluding hydrogens is 288 g/mol. The van der Waals surface area contributed by atoms with Crippen LogP contribution in [0.2, 0.25) is 0 Å². The van der Waals surface area contributed by atoms with Crippen molar-refractivity contribution < 1.29 is 36.1 Å². The van der Waals surface area contributed by atoms with Crippen molar-refractivity contribution in [2.75, 3.05) is 34.3 Å². The smallest absolute Gasteiger partial charge is 0.514 e. The van der Waals surface area contributed by atoms with Gasteiger partial charge in [-0.05, 0) is 12.1 Å². The van der Waals surface area contributed by atoms with E-state index in [0.717, 1.165) is 0 Å². The molecule has 8 heteroatoms. The SMILES string of the molecule is C[N+](C)(C)CCOC(=O)Oc1ccc([N+](=O)[O-])cc1.[Cl-]. The quantitative estimate of drug-likeness (QED) is 0.225. The van der Waals surface area contributed by atoms with Crippen molar-refractivity contribution >= 4 is 11.8 Å². The number of hydrogen-bond acceptors (Lipinski definition) is 5. The maximum Gasteiger partial charge on any atom is 0.514 e. The van der Waals surface area contributed by atoms with E-state index in [0.29, 0.717) is 11.0 Å². The van der Waals surface area contributed by atoms with E-state index in [1.807, 2.05) is 21.1 Å². The fraction of sp³-hybridized carbons (Fsp3) is 0.417. The van der Waals surface area contributed by atoms with Crippen molar-refractivity contribution in [3.63, 3.8) is 0 Å². The second kappa shape index (κ2) is 7.66. The molecular formula is C12H17ClN2O5. The van der Waals surface area contributed by atoms with Crippen LogP contribution in [0.1, 0.15) is 0 Å². The Hall–Kier alpha value is -1.86. The van der Waals surface area contributed by atoms with E-state index >= 15 is 0 Å². The van der Waals surface area contributed by atoms with Gasteiger partial charge < -0.3 is 26.4 Å². The highest BCUT2D eigenvalue weighted by molar-refractivity contribution is 5.63. The van der Waals surface area contributed by atoms with Gasteiger partial charge in [0.25, 0.3) is 5.69 Å². The standard InChI is InChI=1S/C12H17N2O5.ClH/c1-14(2,3)8-9-18-12(15)19-11-6-4-10(5-7-11)13(16)17;/h4-7H,8-9H2,1-3H3;1H/q+1;/p-1. The van der Waals surface area contributed by atoms with E-state index in [9.17, 15) is 14.9 Å². The van der Waals surface area contributed by atoms with Gasteiger partial charge in [0.1, 0.15) is 18.9 Å². The molecule has 1 rings (SSSR count). The van der Waals surface area contributed by atoms with E-state index < -0.39 is 11.1 Å². The molecule has 0 aliphatic heterocycles. The molecule has 0 aromatic heterocycles. The Morgan fingerprint density at radius 1 is 1.25 bits per heavy atom. The summed E-state index contributed by atoms with van der Waals surface area (Å²) in [6, 6.07) is 5.21. The molecule has 1 aromatic rings. The van der Waals surface area contributed by atoms with Crippen molar-refractivity contribution in [2.45, 2.75) is 0 Å². The predicted molar refractivity (Wildman–Crippen MR) is 68.0 cm³/mol. The number of carbonyl (C=O) groups excluding carboxylic acids is 1. The monoisotopic (exact) mass is 304 g/mol. The van der Waals surface area contributed by atoms with E-state index in [1.165, 1.54) is 24.3 Å². The van der Waals surface area contributed by atoms with Gasteiger partial charge in [-0.3, -0.25) is 10.1 Å². The maximum atomic E-state index is 11.3. The highest BCUT2D eigenvalue weighted by Gasteiger charge is 2.12. The van der Waals surface area contributed by atoms with Gasteiger partial charge in [-0.2, -0.15) is 0 Å². The number of nitro benzene ring substituents is 1. The Balaban J connectivity index is 0.00000361. The zero-order valence-electron chi connectivity index (χ0n) is 11.5. The molecule has 0 amide bonds. The van der Waals surface area contributed by atoms with E-state index in [2.05, 4.69) is 0 Å². The Kier molecular flexibility index (Phi) is 6.95. The average molecular weight is 305 g/mol. The Morgan fingerprint density at radius 3 is 2.25 bits per heavy atom. The Bertz CT molecular complexity index is 456. The van der Waals surface area contributed by atoms with Crippen LogP contribution in [0.25, 0.3) is 0 Å². The molecule has 0 radical (unpaired) electrons. The van der Waals surface area contributed by atoms with Gasteiger partial charge in [-0.1, -0.05) is 0 Å². The minimum absolute atomic E-state index is 0. The van der Waals surface area contributed by atoms with E-state index in [-0.39, 0.29) is 30.5 Å². The number of carbonyl (C=O) groups is 1. The van der Waals surface area contributed by atoms with Crippen LogP contribution in [0.15, 0.2) is 24.3 Å². The lowest BCUT2D eigenvalue weighted by molar-refractivity contribution is -0.870. The summed E-state index contributed by atoms with van der Waals surface area (Å²) in [7, 11) is 5.93. The number of hydrogen-bond donors (Lipinski definition) is 0. The molecule has 0 saturated carbocycles. The maximum absolute atomic E-state index is 11.3. The number of ether oxygens (including phenoxy) is 2. The van der Waals surface area contributed by atoms with Crippen LogP contribution in [0.4, 0.5) is 10.5 Å². The van der Waals surface area contributed by atoms with Crippen molar-refractivity contribution in [1.29, 1.82) is 0 Å². The van der Waals surface area contributed by atoms with Crippen LogP contribution < -0.4 is 17.1 Å². The fourth-order valence-corrected chi connectivity index (χ4v) is 1.16. The van der Waals surface area contributed by atoms with Crippen molar-refractivity contribution in [2.24, 2.45) is 0 Å². The number of rotatable bonds is 5. The zero-order chi connectivity index (χ0) is 14.5.